The van der Waals surface area contributed by atoms with E-state index in [2.05, 4.69) is 0 Å². The Morgan fingerprint density at radius 2 is 2.14 bits per heavy atom. The molecule has 28 heavy (non-hydrogen) atoms. The number of methoxy groups -OCH3 is 1. The molecule has 0 radical (unpaired) electrons. The monoisotopic (exact) mass is 409 g/mol. The van der Waals surface area contributed by atoms with Gasteiger partial charge in [-0.05, 0) is 25.8 Å². The fourth-order valence-corrected chi connectivity index (χ4v) is 5.97. The summed E-state index contributed by atoms with van der Waals surface area (Å²) >= 11 is 0. The number of benzene rings is 1. The SMILES string of the molecule is COC(=O)[C@@H]1C[C@@H]2[C@H](CC[C@@H](C)N2S(=O)(=O)c2cccc([N+](=O)[O-])c2C#N)O1. The lowest BCUT2D eigenvalue weighted by Crippen LogP contribution is -2.53. The zero-order valence-corrected chi connectivity index (χ0v) is 16.1. The maximum Gasteiger partial charge on any atom is 0.335 e. The Bertz CT molecular complexity index is 956. The topological polar surface area (TPSA) is 140 Å². The molecule has 0 unspecified atom stereocenters. The lowest BCUT2D eigenvalue weighted by Gasteiger charge is -2.40. The van der Waals surface area contributed by atoms with Gasteiger partial charge in [0.05, 0.1) is 24.2 Å². The van der Waals surface area contributed by atoms with Crippen molar-refractivity contribution in [3.05, 3.63) is 33.9 Å². The molecule has 0 amide bonds. The zero-order chi connectivity index (χ0) is 20.6. The van der Waals surface area contributed by atoms with E-state index in [0.29, 0.717) is 12.8 Å². The predicted molar refractivity (Wildman–Crippen MR) is 94.6 cm³/mol. The van der Waals surface area contributed by atoms with Crippen LogP contribution in [0.2, 0.25) is 0 Å². The number of carbonyl (C=O) groups excluding carboxylic acids is 1. The molecule has 0 bridgehead atoms. The van der Waals surface area contributed by atoms with Crippen LogP contribution in [-0.2, 0) is 24.3 Å². The Labute approximate surface area is 161 Å². The Morgan fingerprint density at radius 3 is 2.75 bits per heavy atom. The third-order valence-corrected chi connectivity index (χ3v) is 7.27. The third kappa shape index (κ3) is 3.23. The van der Waals surface area contributed by atoms with Crippen LogP contribution in [0.4, 0.5) is 5.69 Å². The van der Waals surface area contributed by atoms with Gasteiger partial charge in [-0.25, -0.2) is 13.2 Å². The minimum absolute atomic E-state index is 0.123. The summed E-state index contributed by atoms with van der Waals surface area (Å²) in [6.45, 7) is 1.72. The van der Waals surface area contributed by atoms with Crippen LogP contribution in [0, 0.1) is 21.4 Å². The molecular formula is C17H19N3O7S. The van der Waals surface area contributed by atoms with Gasteiger partial charge >= 0.3 is 5.97 Å². The summed E-state index contributed by atoms with van der Waals surface area (Å²) in [6, 6.07) is 4.12. The minimum atomic E-state index is -4.25. The van der Waals surface area contributed by atoms with Crippen molar-refractivity contribution in [1.82, 2.24) is 4.31 Å². The van der Waals surface area contributed by atoms with Crippen molar-refractivity contribution >= 4 is 21.7 Å². The van der Waals surface area contributed by atoms with Crippen molar-refractivity contribution in [2.75, 3.05) is 7.11 Å². The van der Waals surface area contributed by atoms with Gasteiger partial charge in [-0.15, -0.1) is 0 Å². The molecule has 0 aromatic heterocycles. The first-order chi connectivity index (χ1) is 13.2. The van der Waals surface area contributed by atoms with Crippen molar-refractivity contribution in [2.24, 2.45) is 0 Å². The molecule has 0 saturated carbocycles. The van der Waals surface area contributed by atoms with E-state index in [4.69, 9.17) is 9.47 Å². The molecule has 0 spiro atoms. The molecule has 2 saturated heterocycles. The number of carbonyl (C=O) groups is 1. The smallest absolute Gasteiger partial charge is 0.335 e. The Morgan fingerprint density at radius 1 is 1.43 bits per heavy atom. The van der Waals surface area contributed by atoms with Crippen molar-refractivity contribution in [3.8, 4) is 6.07 Å². The van der Waals surface area contributed by atoms with Crippen LogP contribution in [0.15, 0.2) is 23.1 Å². The van der Waals surface area contributed by atoms with Gasteiger partial charge in [0.25, 0.3) is 5.69 Å². The van der Waals surface area contributed by atoms with E-state index in [1.165, 1.54) is 23.5 Å². The number of nitro groups is 1. The van der Waals surface area contributed by atoms with Crippen molar-refractivity contribution in [3.63, 3.8) is 0 Å². The summed E-state index contributed by atoms with van der Waals surface area (Å²) in [4.78, 5) is 21.9. The molecule has 2 aliphatic rings. The van der Waals surface area contributed by atoms with Crippen LogP contribution in [-0.4, -0.2) is 55.0 Å². The number of nitrogens with zero attached hydrogens (tertiary/aromatic N) is 3. The summed E-state index contributed by atoms with van der Waals surface area (Å²) < 4.78 is 38.5. The third-order valence-electron chi connectivity index (χ3n) is 5.19. The quantitative estimate of drug-likeness (QED) is 0.412. The van der Waals surface area contributed by atoms with Crippen LogP contribution in [0.3, 0.4) is 0 Å². The average molecular weight is 409 g/mol. The highest BCUT2D eigenvalue weighted by Gasteiger charge is 2.51. The van der Waals surface area contributed by atoms with Crippen LogP contribution < -0.4 is 0 Å². The Kier molecular flexibility index (Phi) is 5.38. The molecular weight excluding hydrogens is 390 g/mol. The first-order valence-corrected chi connectivity index (χ1v) is 10.1. The number of nitriles is 1. The summed E-state index contributed by atoms with van der Waals surface area (Å²) in [5, 5.41) is 20.6. The first kappa shape index (κ1) is 20.2. The lowest BCUT2D eigenvalue weighted by atomic mass is 9.95. The van der Waals surface area contributed by atoms with Gasteiger partial charge in [0.1, 0.15) is 16.5 Å². The van der Waals surface area contributed by atoms with Crippen molar-refractivity contribution in [2.45, 2.75) is 55.4 Å². The number of nitro benzene ring substituents is 1. The summed E-state index contributed by atoms with van der Waals surface area (Å²) in [5.74, 6) is -0.576. The second kappa shape index (κ2) is 7.46. The van der Waals surface area contributed by atoms with Gasteiger partial charge in [0.2, 0.25) is 10.0 Å². The molecule has 2 heterocycles. The van der Waals surface area contributed by atoms with Crippen LogP contribution in [0.5, 0.6) is 0 Å². The van der Waals surface area contributed by atoms with E-state index < -0.39 is 61.4 Å². The van der Waals surface area contributed by atoms with Gasteiger partial charge in [0, 0.05) is 18.5 Å². The second-order valence-corrected chi connectivity index (χ2v) is 8.58. The number of piperidine rings is 1. The molecule has 2 fully saturated rings. The largest absolute Gasteiger partial charge is 0.467 e. The van der Waals surface area contributed by atoms with E-state index in [1.54, 1.807) is 13.0 Å². The van der Waals surface area contributed by atoms with Gasteiger partial charge in [-0.2, -0.15) is 9.57 Å². The van der Waals surface area contributed by atoms with Gasteiger partial charge in [-0.1, -0.05) is 6.07 Å². The molecule has 4 atom stereocenters. The standard InChI is InChI=1S/C17H19N3O7S/c1-10-6-7-14-13(8-15(27-14)17(21)26-2)19(10)28(24,25)16-5-3-4-12(20(22)23)11(16)9-18/h3-5,10,13-15H,6-8H2,1-2H3/t10-,13-,14+,15+/m1/s1. The average Bonchev–Trinajstić information content (AvgIpc) is 3.10. The van der Waals surface area contributed by atoms with Gasteiger partial charge < -0.3 is 9.47 Å². The normalized spacial score (nSPS) is 27.6. The zero-order valence-electron chi connectivity index (χ0n) is 15.3. The number of fused-ring (bicyclic) bond motifs is 1. The molecule has 1 aromatic rings. The van der Waals surface area contributed by atoms with Gasteiger partial charge in [-0.3, -0.25) is 10.1 Å². The summed E-state index contributed by atoms with van der Waals surface area (Å²) in [7, 11) is -3.02. The van der Waals surface area contributed by atoms with E-state index in [-0.39, 0.29) is 6.42 Å². The van der Waals surface area contributed by atoms with Gasteiger partial charge in [0.15, 0.2) is 6.10 Å². The van der Waals surface area contributed by atoms with E-state index in [1.807, 2.05) is 0 Å². The predicted octanol–water partition coefficient (Wildman–Crippen LogP) is 1.34. The summed E-state index contributed by atoms with van der Waals surface area (Å²) in [5.41, 5.74) is -1.08. The van der Waals surface area contributed by atoms with E-state index in [0.717, 1.165) is 6.07 Å². The first-order valence-electron chi connectivity index (χ1n) is 8.66. The fraction of sp³-hybridized carbons (Fsp3) is 0.529. The molecule has 0 aliphatic carbocycles. The highest BCUT2D eigenvalue weighted by atomic mass is 32.2. The molecule has 2 aliphatic heterocycles. The summed E-state index contributed by atoms with van der Waals surface area (Å²) in [6.07, 6.45) is -0.170. The van der Waals surface area contributed by atoms with Crippen molar-refractivity contribution in [1.29, 1.82) is 5.26 Å². The maximum atomic E-state index is 13.4. The van der Waals surface area contributed by atoms with Crippen LogP contribution in [0.25, 0.3) is 0 Å². The minimum Gasteiger partial charge on any atom is -0.467 e. The lowest BCUT2D eigenvalue weighted by molar-refractivity contribution is -0.385. The number of sulfonamides is 1. The number of hydrogen-bond donors (Lipinski definition) is 0. The highest BCUT2D eigenvalue weighted by Crippen LogP contribution is 2.40. The molecule has 0 N–H and O–H groups in total. The molecule has 150 valence electrons. The Hall–Kier alpha value is -2.55. The van der Waals surface area contributed by atoms with Crippen LogP contribution in [0.1, 0.15) is 31.7 Å². The molecule has 3 rings (SSSR count). The molecule has 10 nitrogen and oxygen atoms in total. The van der Waals surface area contributed by atoms with E-state index >= 15 is 0 Å². The highest BCUT2D eigenvalue weighted by molar-refractivity contribution is 7.89. The second-order valence-electron chi connectivity index (χ2n) is 6.77. The van der Waals surface area contributed by atoms with Crippen LogP contribution >= 0.6 is 0 Å². The molecule has 11 heteroatoms. The number of esters is 1. The number of rotatable bonds is 4. The number of ether oxygens (including phenoxy) is 2. The maximum absolute atomic E-state index is 13.4. The van der Waals surface area contributed by atoms with Crippen molar-refractivity contribution < 1.29 is 27.6 Å². The van der Waals surface area contributed by atoms with E-state index in [9.17, 15) is 28.6 Å². The Balaban J connectivity index is 2.06. The molecule has 1 aromatic carbocycles. The number of hydrogen-bond acceptors (Lipinski definition) is 8. The fourth-order valence-electron chi connectivity index (χ4n) is 3.93.